The van der Waals surface area contributed by atoms with Gasteiger partial charge in [0, 0.05) is 30.1 Å². The molecule has 2 aromatic rings. The molecule has 1 aromatic carbocycles. The lowest BCUT2D eigenvalue weighted by Gasteiger charge is -2.22. The van der Waals surface area contributed by atoms with Gasteiger partial charge >= 0.3 is 5.97 Å². The summed E-state index contributed by atoms with van der Waals surface area (Å²) in [7, 11) is 0. The Morgan fingerprint density at radius 2 is 2.18 bits per heavy atom. The second-order valence-corrected chi connectivity index (χ2v) is 5.31. The average molecular weight is 296 g/mol. The van der Waals surface area contributed by atoms with Crippen molar-refractivity contribution in [2.75, 3.05) is 0 Å². The van der Waals surface area contributed by atoms with Crippen LogP contribution in [0.4, 0.5) is 0 Å². The molecule has 5 heteroatoms. The molecule has 1 atom stereocenters. The van der Waals surface area contributed by atoms with Gasteiger partial charge in [-0.05, 0) is 29.7 Å². The first-order valence-corrected chi connectivity index (χ1v) is 7.19. The Morgan fingerprint density at radius 3 is 2.82 bits per heavy atom. The Hall–Kier alpha value is -2.69. The minimum atomic E-state index is -0.962. The van der Waals surface area contributed by atoms with Crippen molar-refractivity contribution in [2.45, 2.75) is 25.9 Å². The summed E-state index contributed by atoms with van der Waals surface area (Å²) in [5, 5.41) is 9.26. The maximum absolute atomic E-state index is 12.5. The van der Waals surface area contributed by atoms with Crippen molar-refractivity contribution in [2.24, 2.45) is 0 Å². The summed E-state index contributed by atoms with van der Waals surface area (Å²) in [6.07, 6.45) is 3.83. The number of nitrogens with zero attached hydrogens (tertiary/aromatic N) is 2. The molecule has 2 heterocycles. The molecule has 0 fully saturated rings. The van der Waals surface area contributed by atoms with Crippen LogP contribution in [0.25, 0.3) is 11.1 Å². The fourth-order valence-electron chi connectivity index (χ4n) is 2.82. The molecular weight excluding hydrogens is 280 g/mol. The Bertz CT molecular complexity index is 728. The van der Waals surface area contributed by atoms with Gasteiger partial charge in [0.1, 0.15) is 6.04 Å². The molecule has 1 aliphatic rings. The number of amides is 1. The molecule has 22 heavy (non-hydrogen) atoms. The van der Waals surface area contributed by atoms with E-state index in [4.69, 9.17) is 0 Å². The molecule has 1 unspecified atom stereocenters. The third kappa shape index (κ3) is 2.35. The summed E-state index contributed by atoms with van der Waals surface area (Å²) in [6, 6.07) is 8.65. The zero-order valence-corrected chi connectivity index (χ0v) is 12.2. The molecule has 0 spiro atoms. The maximum Gasteiger partial charge on any atom is 0.326 e. The van der Waals surface area contributed by atoms with E-state index >= 15 is 0 Å². The highest BCUT2D eigenvalue weighted by molar-refractivity contribution is 6.01. The van der Waals surface area contributed by atoms with E-state index in [1.54, 1.807) is 19.3 Å². The van der Waals surface area contributed by atoms with E-state index < -0.39 is 12.0 Å². The van der Waals surface area contributed by atoms with Gasteiger partial charge < -0.3 is 10.0 Å². The summed E-state index contributed by atoms with van der Waals surface area (Å²) in [5.74, 6) is -1.17. The van der Waals surface area contributed by atoms with Crippen LogP contribution in [0.1, 0.15) is 29.3 Å². The summed E-state index contributed by atoms with van der Waals surface area (Å²) < 4.78 is 0. The van der Waals surface area contributed by atoms with E-state index in [-0.39, 0.29) is 5.91 Å². The van der Waals surface area contributed by atoms with Crippen molar-refractivity contribution in [1.82, 2.24) is 9.88 Å². The van der Waals surface area contributed by atoms with Crippen molar-refractivity contribution < 1.29 is 14.7 Å². The van der Waals surface area contributed by atoms with E-state index in [9.17, 15) is 14.7 Å². The first-order valence-electron chi connectivity index (χ1n) is 7.19. The molecule has 112 valence electrons. The highest BCUT2D eigenvalue weighted by Gasteiger charge is 2.35. The highest BCUT2D eigenvalue weighted by Crippen LogP contribution is 2.30. The number of carbonyl (C=O) groups excluding carboxylic acids is 1. The lowest BCUT2D eigenvalue weighted by molar-refractivity contribution is -0.142. The first kappa shape index (κ1) is 14.3. The predicted molar refractivity (Wildman–Crippen MR) is 81.3 cm³/mol. The molecule has 1 aromatic heterocycles. The average Bonchev–Trinajstić information content (AvgIpc) is 2.85. The van der Waals surface area contributed by atoms with Gasteiger partial charge in [0.25, 0.3) is 5.91 Å². The molecule has 0 aliphatic carbocycles. The predicted octanol–water partition coefficient (Wildman–Crippen LogP) is 2.57. The number of aliphatic carboxylic acids is 1. The zero-order chi connectivity index (χ0) is 15.7. The van der Waals surface area contributed by atoms with Gasteiger partial charge in [0.2, 0.25) is 0 Å². The van der Waals surface area contributed by atoms with Gasteiger partial charge in [0.15, 0.2) is 0 Å². The van der Waals surface area contributed by atoms with Crippen molar-refractivity contribution in [3.8, 4) is 11.1 Å². The number of benzene rings is 1. The van der Waals surface area contributed by atoms with Gasteiger partial charge in [0.05, 0.1) is 0 Å². The number of carbonyl (C=O) groups is 2. The minimum absolute atomic E-state index is 0.213. The molecule has 1 aliphatic heterocycles. The van der Waals surface area contributed by atoms with Crippen LogP contribution in [0.2, 0.25) is 0 Å². The van der Waals surface area contributed by atoms with Gasteiger partial charge in [-0.1, -0.05) is 25.1 Å². The van der Waals surface area contributed by atoms with E-state index in [1.165, 1.54) is 4.90 Å². The molecular formula is C17H16N2O3. The van der Waals surface area contributed by atoms with Crippen molar-refractivity contribution in [3.05, 3.63) is 53.9 Å². The fourth-order valence-corrected chi connectivity index (χ4v) is 2.82. The van der Waals surface area contributed by atoms with E-state index in [1.807, 2.05) is 30.3 Å². The normalized spacial score (nSPS) is 14.8. The number of fused-ring (bicyclic) bond motifs is 1. The minimum Gasteiger partial charge on any atom is -0.480 e. The van der Waals surface area contributed by atoms with Crippen molar-refractivity contribution in [1.29, 1.82) is 0 Å². The summed E-state index contributed by atoms with van der Waals surface area (Å²) in [5.41, 5.74) is 3.30. The third-order valence-electron chi connectivity index (χ3n) is 3.98. The number of rotatable bonds is 4. The Kier molecular flexibility index (Phi) is 3.63. The summed E-state index contributed by atoms with van der Waals surface area (Å²) in [4.78, 5) is 29.3. The van der Waals surface area contributed by atoms with Crippen LogP contribution < -0.4 is 0 Å². The monoisotopic (exact) mass is 296 g/mol. The maximum atomic E-state index is 12.5. The Morgan fingerprint density at radius 1 is 1.36 bits per heavy atom. The Labute approximate surface area is 128 Å². The fraction of sp³-hybridized carbons (Fsp3) is 0.235. The SMILES string of the molecule is CCC(C(=O)O)N1Cc2ccc(-c3cccnc3)cc2C1=O. The number of hydrogen-bond donors (Lipinski definition) is 1. The largest absolute Gasteiger partial charge is 0.480 e. The second-order valence-electron chi connectivity index (χ2n) is 5.31. The summed E-state index contributed by atoms with van der Waals surface area (Å²) >= 11 is 0. The van der Waals surface area contributed by atoms with Crippen LogP contribution in [0.5, 0.6) is 0 Å². The molecule has 3 rings (SSSR count). The van der Waals surface area contributed by atoms with Crippen LogP contribution in [0.15, 0.2) is 42.7 Å². The number of carboxylic acid groups (broad SMARTS) is 1. The quantitative estimate of drug-likeness (QED) is 0.941. The molecule has 5 nitrogen and oxygen atoms in total. The number of hydrogen-bond acceptors (Lipinski definition) is 3. The third-order valence-corrected chi connectivity index (χ3v) is 3.98. The van der Waals surface area contributed by atoms with Crippen LogP contribution in [0.3, 0.4) is 0 Å². The molecule has 1 N–H and O–H groups in total. The van der Waals surface area contributed by atoms with E-state index in [0.29, 0.717) is 18.5 Å². The van der Waals surface area contributed by atoms with Crippen LogP contribution in [-0.2, 0) is 11.3 Å². The molecule has 0 bridgehead atoms. The zero-order valence-electron chi connectivity index (χ0n) is 12.2. The lowest BCUT2D eigenvalue weighted by atomic mass is 10.0. The van der Waals surface area contributed by atoms with Gasteiger partial charge in [-0.3, -0.25) is 9.78 Å². The van der Waals surface area contributed by atoms with Crippen LogP contribution in [0, 0.1) is 0 Å². The van der Waals surface area contributed by atoms with E-state index in [2.05, 4.69) is 4.98 Å². The standard InChI is InChI=1S/C17H16N2O3/c1-2-15(17(21)22)19-10-13-6-5-11(8-14(13)16(19)20)12-4-3-7-18-9-12/h3-9,15H,2,10H2,1H3,(H,21,22). The summed E-state index contributed by atoms with van der Waals surface area (Å²) in [6.45, 7) is 2.13. The molecule has 1 amide bonds. The van der Waals surface area contributed by atoms with Gasteiger partial charge in [-0.2, -0.15) is 0 Å². The number of carboxylic acids is 1. The molecule has 0 radical (unpaired) electrons. The van der Waals surface area contributed by atoms with Crippen LogP contribution in [-0.4, -0.2) is 32.9 Å². The van der Waals surface area contributed by atoms with Crippen molar-refractivity contribution >= 4 is 11.9 Å². The molecule has 0 saturated heterocycles. The van der Waals surface area contributed by atoms with Crippen LogP contribution >= 0.6 is 0 Å². The smallest absolute Gasteiger partial charge is 0.326 e. The Balaban J connectivity index is 1.96. The van der Waals surface area contributed by atoms with E-state index in [0.717, 1.165) is 16.7 Å². The topological polar surface area (TPSA) is 70.5 Å². The van der Waals surface area contributed by atoms with Crippen molar-refractivity contribution in [3.63, 3.8) is 0 Å². The first-order chi connectivity index (χ1) is 10.6. The second kappa shape index (κ2) is 5.60. The number of aromatic nitrogens is 1. The van der Waals surface area contributed by atoms with Gasteiger partial charge in [-0.25, -0.2) is 4.79 Å². The number of pyridine rings is 1. The lowest BCUT2D eigenvalue weighted by Crippen LogP contribution is -2.40. The van der Waals surface area contributed by atoms with Gasteiger partial charge in [-0.15, -0.1) is 0 Å². The molecule has 0 saturated carbocycles. The highest BCUT2D eigenvalue weighted by atomic mass is 16.4.